The molecule has 0 saturated carbocycles. The molecule has 0 spiro atoms. The van der Waals surface area contributed by atoms with E-state index < -0.39 is 0 Å². The summed E-state index contributed by atoms with van der Waals surface area (Å²) in [6.07, 6.45) is 0. The molecule has 0 atom stereocenters. The summed E-state index contributed by atoms with van der Waals surface area (Å²) in [4.78, 5) is 15.7. The molecular formula is C60H39N3OS. The number of rotatable bonds is 6. The van der Waals surface area contributed by atoms with Gasteiger partial charge >= 0.3 is 0 Å². The van der Waals surface area contributed by atoms with Gasteiger partial charge in [-0.05, 0) is 98.1 Å². The third-order valence-electron chi connectivity index (χ3n) is 13.4. The van der Waals surface area contributed by atoms with E-state index in [0.29, 0.717) is 17.5 Å². The van der Waals surface area contributed by atoms with Crippen molar-refractivity contribution in [2.45, 2.75) is 19.3 Å². The van der Waals surface area contributed by atoms with Crippen molar-refractivity contribution in [1.29, 1.82) is 0 Å². The Morgan fingerprint density at radius 2 is 0.923 bits per heavy atom. The molecule has 13 rings (SSSR count). The van der Waals surface area contributed by atoms with Gasteiger partial charge in [0.05, 0.1) is 0 Å². The second kappa shape index (κ2) is 14.5. The van der Waals surface area contributed by atoms with Crippen molar-refractivity contribution in [1.82, 2.24) is 15.0 Å². The van der Waals surface area contributed by atoms with Gasteiger partial charge in [-0.1, -0.05) is 172 Å². The van der Waals surface area contributed by atoms with E-state index in [4.69, 9.17) is 19.4 Å². The zero-order chi connectivity index (χ0) is 43.2. The second-order valence-electron chi connectivity index (χ2n) is 17.6. The first-order valence-corrected chi connectivity index (χ1v) is 22.9. The number of hydrogen-bond donors (Lipinski definition) is 0. The fourth-order valence-electron chi connectivity index (χ4n) is 10.0. The van der Waals surface area contributed by atoms with Crippen molar-refractivity contribution in [3.05, 3.63) is 211 Å². The lowest BCUT2D eigenvalue weighted by Gasteiger charge is -2.21. The van der Waals surface area contributed by atoms with Crippen LogP contribution in [0.3, 0.4) is 0 Å². The van der Waals surface area contributed by atoms with E-state index in [0.717, 1.165) is 60.9 Å². The van der Waals surface area contributed by atoms with Gasteiger partial charge in [-0.3, -0.25) is 0 Å². The summed E-state index contributed by atoms with van der Waals surface area (Å²) in [5, 5.41) is 4.48. The van der Waals surface area contributed by atoms with Crippen LogP contribution in [0.2, 0.25) is 0 Å². The molecule has 1 aliphatic carbocycles. The molecule has 0 N–H and O–H groups in total. The molecule has 0 fully saturated rings. The normalized spacial score (nSPS) is 12.9. The van der Waals surface area contributed by atoms with E-state index in [1.807, 2.05) is 18.2 Å². The van der Waals surface area contributed by atoms with Crippen molar-refractivity contribution in [2.24, 2.45) is 0 Å². The molecule has 1 aliphatic rings. The fraction of sp³-hybridized carbons (Fsp3) is 0.0500. The summed E-state index contributed by atoms with van der Waals surface area (Å²) in [7, 11) is 0. The molecule has 3 heterocycles. The van der Waals surface area contributed by atoms with Gasteiger partial charge in [0, 0.05) is 53.1 Å². The Bertz CT molecular complexity index is 3860. The highest BCUT2D eigenvalue weighted by molar-refractivity contribution is 7.25. The molecule has 3 aromatic heterocycles. The van der Waals surface area contributed by atoms with Crippen molar-refractivity contribution < 1.29 is 4.42 Å². The smallest absolute Gasteiger partial charge is 0.164 e. The number of fused-ring (bicyclic) bond motifs is 9. The van der Waals surface area contributed by atoms with E-state index in [-0.39, 0.29) is 5.41 Å². The monoisotopic (exact) mass is 849 g/mol. The molecule has 0 bridgehead atoms. The Morgan fingerprint density at radius 3 is 1.77 bits per heavy atom. The summed E-state index contributed by atoms with van der Waals surface area (Å²) < 4.78 is 9.02. The van der Waals surface area contributed by atoms with Crippen LogP contribution >= 0.6 is 11.3 Å². The van der Waals surface area contributed by atoms with E-state index in [2.05, 4.69) is 196 Å². The van der Waals surface area contributed by atoms with Gasteiger partial charge in [0.25, 0.3) is 0 Å². The fourth-order valence-corrected chi connectivity index (χ4v) is 11.2. The molecule has 4 nitrogen and oxygen atoms in total. The lowest BCUT2D eigenvalue weighted by atomic mass is 9.82. The minimum Gasteiger partial charge on any atom is -0.456 e. The highest BCUT2D eigenvalue weighted by Gasteiger charge is 2.35. The molecule has 5 heteroatoms. The van der Waals surface area contributed by atoms with Crippen molar-refractivity contribution in [3.63, 3.8) is 0 Å². The number of benzene rings is 9. The van der Waals surface area contributed by atoms with Gasteiger partial charge in [0.15, 0.2) is 17.5 Å². The van der Waals surface area contributed by atoms with Crippen LogP contribution in [0.25, 0.3) is 121 Å². The maximum atomic E-state index is 6.56. The Balaban J connectivity index is 0.923. The number of furan rings is 1. The first kappa shape index (κ1) is 37.6. The summed E-state index contributed by atoms with van der Waals surface area (Å²) in [5.41, 5.74) is 16.7. The van der Waals surface area contributed by atoms with Gasteiger partial charge in [-0.2, -0.15) is 0 Å². The number of aromatic nitrogens is 3. The van der Waals surface area contributed by atoms with E-state index in [9.17, 15) is 0 Å². The largest absolute Gasteiger partial charge is 0.456 e. The van der Waals surface area contributed by atoms with E-state index in [1.165, 1.54) is 53.6 Å². The van der Waals surface area contributed by atoms with Gasteiger partial charge < -0.3 is 4.42 Å². The number of thiophene rings is 1. The standard InChI is InChI=1S/C60H39N3OS/c1-60(2)50-19-8-6-16-44(50)48-33-40(27-30-51(48)60)37-22-24-38(25-23-37)41-28-31-52-49(34-41)56-47(18-11-20-53(56)64-52)59-62-57(42-15-10-14-39(32-42)36-12-4-3-5-13-36)61-58(63-59)43-26-29-46-45-17-7-9-21-54(45)65-55(46)35-43/h3-35H,1-2H3. The van der Waals surface area contributed by atoms with Crippen molar-refractivity contribution in [3.8, 4) is 78.7 Å². The number of hydrogen-bond acceptors (Lipinski definition) is 5. The SMILES string of the molecule is CC1(C)c2ccccc2-c2cc(-c3ccc(-c4ccc5oc6cccc(-c7nc(-c8cccc(-c9ccccc9)c8)nc(-c8ccc9c(c8)sc8ccccc89)n7)c6c5c4)cc3)ccc21. The molecule has 0 saturated heterocycles. The van der Waals surface area contributed by atoms with Crippen LogP contribution in [-0.4, -0.2) is 15.0 Å². The predicted molar refractivity (Wildman–Crippen MR) is 270 cm³/mol. The molecule has 0 amide bonds. The van der Waals surface area contributed by atoms with Crippen LogP contribution in [0.1, 0.15) is 25.0 Å². The minimum absolute atomic E-state index is 0.0123. The van der Waals surface area contributed by atoms with Gasteiger partial charge in [0.1, 0.15) is 11.2 Å². The van der Waals surface area contributed by atoms with Crippen LogP contribution in [0.15, 0.2) is 205 Å². The van der Waals surface area contributed by atoms with Gasteiger partial charge in [-0.25, -0.2) is 15.0 Å². The molecule has 12 aromatic rings. The average molecular weight is 850 g/mol. The van der Waals surface area contributed by atoms with Crippen LogP contribution in [0.4, 0.5) is 0 Å². The molecule has 9 aromatic carbocycles. The van der Waals surface area contributed by atoms with Gasteiger partial charge in [0.2, 0.25) is 0 Å². The zero-order valence-electron chi connectivity index (χ0n) is 35.7. The minimum atomic E-state index is -0.0123. The Hall–Kier alpha value is -7.99. The average Bonchev–Trinajstić information content (AvgIpc) is 4.01. The highest BCUT2D eigenvalue weighted by atomic mass is 32.1. The third-order valence-corrected chi connectivity index (χ3v) is 14.5. The van der Waals surface area contributed by atoms with Crippen LogP contribution in [0, 0.1) is 0 Å². The zero-order valence-corrected chi connectivity index (χ0v) is 36.5. The molecular weight excluding hydrogens is 811 g/mol. The Kier molecular flexibility index (Phi) is 8.39. The van der Waals surface area contributed by atoms with E-state index in [1.54, 1.807) is 11.3 Å². The number of nitrogens with zero attached hydrogens (tertiary/aromatic N) is 3. The van der Waals surface area contributed by atoms with Crippen LogP contribution in [0.5, 0.6) is 0 Å². The van der Waals surface area contributed by atoms with Gasteiger partial charge in [-0.15, -0.1) is 11.3 Å². The maximum Gasteiger partial charge on any atom is 0.164 e. The first-order valence-electron chi connectivity index (χ1n) is 22.1. The molecule has 0 aliphatic heterocycles. The summed E-state index contributed by atoms with van der Waals surface area (Å²) in [6.45, 7) is 4.65. The predicted octanol–water partition coefficient (Wildman–Crippen LogP) is 16.4. The summed E-state index contributed by atoms with van der Waals surface area (Å²) in [5.74, 6) is 1.83. The Morgan fingerprint density at radius 1 is 0.354 bits per heavy atom. The highest BCUT2D eigenvalue weighted by Crippen LogP contribution is 2.50. The second-order valence-corrected chi connectivity index (χ2v) is 18.6. The molecule has 65 heavy (non-hydrogen) atoms. The van der Waals surface area contributed by atoms with Crippen molar-refractivity contribution >= 4 is 53.4 Å². The molecule has 0 radical (unpaired) electrons. The molecule has 306 valence electrons. The molecule has 0 unspecified atom stereocenters. The summed E-state index contributed by atoms with van der Waals surface area (Å²) in [6, 6.07) is 71.4. The maximum absolute atomic E-state index is 6.56. The van der Waals surface area contributed by atoms with Crippen LogP contribution in [-0.2, 0) is 5.41 Å². The van der Waals surface area contributed by atoms with Crippen LogP contribution < -0.4 is 0 Å². The lowest BCUT2D eigenvalue weighted by molar-refractivity contribution is 0.660. The topological polar surface area (TPSA) is 51.8 Å². The first-order chi connectivity index (χ1) is 31.9. The third kappa shape index (κ3) is 6.15. The Labute approximate surface area is 380 Å². The lowest BCUT2D eigenvalue weighted by Crippen LogP contribution is -2.14. The quantitative estimate of drug-likeness (QED) is 0.167. The van der Waals surface area contributed by atoms with E-state index >= 15 is 0 Å². The van der Waals surface area contributed by atoms with Crippen molar-refractivity contribution in [2.75, 3.05) is 0 Å². The summed E-state index contributed by atoms with van der Waals surface area (Å²) >= 11 is 1.79.